The number of hydrogen-bond acceptors (Lipinski definition) is 8. The Morgan fingerprint density at radius 3 is 1.17 bits per heavy atom. The van der Waals surface area contributed by atoms with Crippen molar-refractivity contribution in [2.45, 2.75) is 277 Å². The molecule has 0 N–H and O–H groups in total. The van der Waals surface area contributed by atoms with Crippen LogP contribution in [0.5, 0.6) is 0 Å². The van der Waals surface area contributed by atoms with Crippen LogP contribution in [0.4, 0.5) is 0 Å². The summed E-state index contributed by atoms with van der Waals surface area (Å²) < 4.78 is 22.6. The maximum atomic E-state index is 12.8. The van der Waals surface area contributed by atoms with Crippen molar-refractivity contribution in [2.75, 3.05) is 47.5 Å². The summed E-state index contributed by atoms with van der Waals surface area (Å²) in [6.45, 7) is 4.76. The third-order valence-electron chi connectivity index (χ3n) is 12.3. The molecule has 0 fully saturated rings. The van der Waals surface area contributed by atoms with Crippen molar-refractivity contribution >= 4 is 17.9 Å². The zero-order valence-electron chi connectivity index (χ0n) is 42.9. The minimum atomic E-state index is -1.62. The van der Waals surface area contributed by atoms with Crippen molar-refractivity contribution in [1.29, 1.82) is 0 Å². The second-order valence-electron chi connectivity index (χ2n) is 19.9. The van der Waals surface area contributed by atoms with Gasteiger partial charge in [0.05, 0.1) is 40.3 Å². The molecule has 0 aromatic carbocycles. The Morgan fingerprint density at radius 2 is 0.797 bits per heavy atom. The number of hydrogen-bond donors (Lipinski definition) is 0. The van der Waals surface area contributed by atoms with Gasteiger partial charge in [-0.1, -0.05) is 225 Å². The molecule has 0 aromatic heterocycles. The molecular formula is C55H105NO8. The third-order valence-corrected chi connectivity index (χ3v) is 12.3. The summed E-state index contributed by atoms with van der Waals surface area (Å²) in [5.41, 5.74) is 0. The van der Waals surface area contributed by atoms with Gasteiger partial charge in [0.15, 0.2) is 12.4 Å². The van der Waals surface area contributed by atoms with E-state index in [9.17, 15) is 19.5 Å². The van der Waals surface area contributed by atoms with Gasteiger partial charge in [-0.2, -0.15) is 0 Å². The highest BCUT2D eigenvalue weighted by Gasteiger charge is 2.22. The fourth-order valence-electron chi connectivity index (χ4n) is 8.00. The third kappa shape index (κ3) is 48.0. The van der Waals surface area contributed by atoms with Crippen molar-refractivity contribution in [2.24, 2.45) is 0 Å². The summed E-state index contributed by atoms with van der Waals surface area (Å²) in [5, 5.41) is 11.7. The summed E-state index contributed by atoms with van der Waals surface area (Å²) in [6, 6.07) is 0. The number of carbonyl (C=O) groups is 3. The Hall–Kier alpha value is -1.97. The first-order chi connectivity index (χ1) is 31.1. The van der Waals surface area contributed by atoms with Crippen molar-refractivity contribution in [3.63, 3.8) is 0 Å². The fourth-order valence-corrected chi connectivity index (χ4v) is 8.00. The molecule has 2 unspecified atom stereocenters. The minimum Gasteiger partial charge on any atom is -0.545 e. The highest BCUT2D eigenvalue weighted by atomic mass is 16.7. The number of carboxylic acids is 1. The van der Waals surface area contributed by atoms with Crippen molar-refractivity contribution in [3.05, 3.63) is 12.2 Å². The molecule has 0 bridgehead atoms. The minimum absolute atomic E-state index is 0.149. The molecular weight excluding hydrogens is 803 g/mol. The molecule has 0 aliphatic rings. The highest BCUT2D eigenvalue weighted by molar-refractivity contribution is 5.70. The lowest BCUT2D eigenvalue weighted by Gasteiger charge is -2.26. The van der Waals surface area contributed by atoms with E-state index in [4.69, 9.17) is 18.9 Å². The first kappa shape index (κ1) is 62.0. The predicted molar refractivity (Wildman–Crippen MR) is 265 cm³/mol. The number of ether oxygens (including phenoxy) is 4. The standard InChI is InChI=1S/C55H105NO8/c1-6-8-10-12-14-16-18-20-21-22-23-24-25-26-27-28-29-30-31-32-34-35-37-39-41-43-45-52(57)62-49-51(50-63-55(54(59)60)61-48-47-56(3,4)5)64-53(58)46-44-42-40-38-36-33-19-17-15-13-11-9-7-2/h17,19,51,55H,6-16,18,20-50H2,1-5H3/b19-17-. The lowest BCUT2D eigenvalue weighted by molar-refractivity contribution is -0.870. The average Bonchev–Trinajstić information content (AvgIpc) is 3.26. The van der Waals surface area contributed by atoms with Crippen molar-refractivity contribution in [3.8, 4) is 0 Å². The van der Waals surface area contributed by atoms with E-state index >= 15 is 0 Å². The topological polar surface area (TPSA) is 111 Å². The zero-order valence-corrected chi connectivity index (χ0v) is 42.9. The van der Waals surface area contributed by atoms with Gasteiger partial charge in [0.25, 0.3) is 0 Å². The van der Waals surface area contributed by atoms with Gasteiger partial charge in [-0.25, -0.2) is 0 Å². The quantitative estimate of drug-likeness (QED) is 0.0195. The van der Waals surface area contributed by atoms with Gasteiger partial charge >= 0.3 is 11.9 Å². The number of nitrogens with zero attached hydrogens (tertiary/aromatic N) is 1. The second kappa shape index (κ2) is 47.5. The summed E-state index contributed by atoms with van der Waals surface area (Å²) in [4.78, 5) is 37.1. The number of allylic oxidation sites excluding steroid dienone is 2. The van der Waals surface area contributed by atoms with Crippen LogP contribution in [0.3, 0.4) is 0 Å². The molecule has 0 amide bonds. The van der Waals surface area contributed by atoms with Crippen LogP contribution >= 0.6 is 0 Å². The molecule has 0 heterocycles. The monoisotopic (exact) mass is 908 g/mol. The Bertz CT molecular complexity index is 1060. The van der Waals surface area contributed by atoms with E-state index < -0.39 is 24.3 Å². The first-order valence-electron chi connectivity index (χ1n) is 27.3. The maximum Gasteiger partial charge on any atom is 0.306 e. The normalized spacial score (nSPS) is 12.8. The van der Waals surface area contributed by atoms with Gasteiger partial charge in [0, 0.05) is 12.8 Å². The molecule has 0 rings (SSSR count). The molecule has 0 aliphatic carbocycles. The number of carbonyl (C=O) groups excluding carboxylic acids is 3. The van der Waals surface area contributed by atoms with E-state index in [0.717, 1.165) is 51.4 Å². The van der Waals surface area contributed by atoms with Gasteiger partial charge in [-0.05, 0) is 38.5 Å². The number of unbranched alkanes of at least 4 members (excludes halogenated alkanes) is 34. The Kier molecular flexibility index (Phi) is 46.1. The molecule has 9 nitrogen and oxygen atoms in total. The number of quaternary nitrogens is 1. The van der Waals surface area contributed by atoms with Crippen LogP contribution in [-0.4, -0.2) is 82.3 Å². The second-order valence-corrected chi connectivity index (χ2v) is 19.9. The van der Waals surface area contributed by atoms with Crippen LogP contribution < -0.4 is 5.11 Å². The van der Waals surface area contributed by atoms with Gasteiger partial charge in [0.2, 0.25) is 0 Å². The molecule has 2 atom stereocenters. The highest BCUT2D eigenvalue weighted by Crippen LogP contribution is 2.17. The SMILES string of the molecule is CCCCCC/C=C\CCCCCCCC(=O)OC(COC(=O)CCCCCCCCCCCCCCCCCCCCCCCCCCCC)COC(OCC[N+](C)(C)C)C(=O)[O-]. The van der Waals surface area contributed by atoms with E-state index in [0.29, 0.717) is 23.9 Å². The molecule has 0 saturated carbocycles. The van der Waals surface area contributed by atoms with Gasteiger partial charge in [-0.3, -0.25) is 9.59 Å². The molecule has 64 heavy (non-hydrogen) atoms. The summed E-state index contributed by atoms with van der Waals surface area (Å²) in [6.07, 6.45) is 49.8. The summed E-state index contributed by atoms with van der Waals surface area (Å²) in [5.74, 6) is -2.28. The average molecular weight is 908 g/mol. The van der Waals surface area contributed by atoms with Crippen LogP contribution in [0.25, 0.3) is 0 Å². The smallest absolute Gasteiger partial charge is 0.306 e. The number of carboxylic acid groups (broad SMARTS) is 1. The molecule has 0 aliphatic heterocycles. The van der Waals surface area contributed by atoms with Crippen LogP contribution in [0.1, 0.15) is 264 Å². The maximum absolute atomic E-state index is 12.8. The molecule has 378 valence electrons. The van der Waals surface area contributed by atoms with E-state index in [-0.39, 0.29) is 32.2 Å². The number of likely N-dealkylation sites (N-methyl/N-ethyl adjacent to an activating group) is 1. The van der Waals surface area contributed by atoms with E-state index in [1.54, 1.807) is 0 Å². The van der Waals surface area contributed by atoms with Crippen LogP contribution in [-0.2, 0) is 33.3 Å². The number of rotatable bonds is 51. The first-order valence-corrected chi connectivity index (χ1v) is 27.3. The van der Waals surface area contributed by atoms with Crippen LogP contribution in [0.15, 0.2) is 12.2 Å². The Balaban J connectivity index is 4.14. The predicted octanol–water partition coefficient (Wildman–Crippen LogP) is 14.1. The van der Waals surface area contributed by atoms with Gasteiger partial charge in [-0.15, -0.1) is 0 Å². The number of aliphatic carboxylic acids is 1. The Labute approximate surface area is 395 Å². The summed E-state index contributed by atoms with van der Waals surface area (Å²) >= 11 is 0. The lowest BCUT2D eigenvalue weighted by atomic mass is 10.0. The van der Waals surface area contributed by atoms with Gasteiger partial charge in [0.1, 0.15) is 13.2 Å². The largest absolute Gasteiger partial charge is 0.545 e. The Morgan fingerprint density at radius 1 is 0.453 bits per heavy atom. The molecule has 0 radical (unpaired) electrons. The number of esters is 2. The molecule has 9 heteroatoms. The fraction of sp³-hybridized carbons (Fsp3) is 0.909. The van der Waals surface area contributed by atoms with E-state index in [2.05, 4.69) is 26.0 Å². The van der Waals surface area contributed by atoms with Crippen molar-refractivity contribution < 1.29 is 42.9 Å². The van der Waals surface area contributed by atoms with E-state index in [1.165, 1.54) is 180 Å². The van der Waals surface area contributed by atoms with Crippen molar-refractivity contribution in [1.82, 2.24) is 0 Å². The molecule has 0 aromatic rings. The zero-order chi connectivity index (χ0) is 47.0. The summed E-state index contributed by atoms with van der Waals surface area (Å²) in [7, 11) is 5.92. The van der Waals surface area contributed by atoms with Gasteiger partial charge < -0.3 is 33.3 Å². The van der Waals surface area contributed by atoms with Crippen LogP contribution in [0.2, 0.25) is 0 Å². The molecule has 0 saturated heterocycles. The van der Waals surface area contributed by atoms with Crippen LogP contribution in [0, 0.1) is 0 Å². The lowest BCUT2D eigenvalue weighted by Crippen LogP contribution is -2.44. The molecule has 0 spiro atoms. The van der Waals surface area contributed by atoms with E-state index in [1.807, 2.05) is 21.1 Å².